The van der Waals surface area contributed by atoms with Crippen molar-refractivity contribution in [3.8, 4) is 11.5 Å². The number of ketones is 1. The van der Waals surface area contributed by atoms with Crippen LogP contribution in [0.3, 0.4) is 0 Å². The van der Waals surface area contributed by atoms with E-state index in [0.717, 1.165) is 17.5 Å². The van der Waals surface area contributed by atoms with Gasteiger partial charge in [0.2, 0.25) is 0 Å². The Morgan fingerprint density at radius 2 is 1.69 bits per heavy atom. The zero-order valence-corrected chi connectivity index (χ0v) is 20.8. The molecule has 0 aliphatic rings. The lowest BCUT2D eigenvalue weighted by Gasteiger charge is -2.15. The first-order chi connectivity index (χ1) is 17.3. The van der Waals surface area contributed by atoms with Gasteiger partial charge in [0.25, 0.3) is 5.91 Å². The third kappa shape index (κ3) is 6.95. The molecule has 0 heterocycles. The number of benzene rings is 3. The van der Waals surface area contributed by atoms with Gasteiger partial charge in [0.15, 0.2) is 5.78 Å². The molecule has 3 rings (SSSR count). The van der Waals surface area contributed by atoms with Crippen LogP contribution < -0.4 is 10.1 Å². The second-order valence-corrected chi connectivity index (χ2v) is 8.37. The Morgan fingerprint density at radius 3 is 2.36 bits per heavy atom. The Balaban J connectivity index is 1.66. The molecule has 1 amide bonds. The molecule has 0 bridgehead atoms. The number of anilines is 1. The van der Waals surface area contributed by atoms with Crippen LogP contribution in [0.25, 0.3) is 0 Å². The summed E-state index contributed by atoms with van der Waals surface area (Å²) in [4.78, 5) is 36.2. The molecule has 0 spiro atoms. The molecule has 0 unspecified atom stereocenters. The lowest BCUT2D eigenvalue weighted by molar-refractivity contribution is -0.142. The Morgan fingerprint density at radius 1 is 0.944 bits per heavy atom. The molecule has 0 aromatic heterocycles. The Kier molecular flexibility index (Phi) is 9.22. The smallest absolute Gasteiger partial charge is 0.310 e. The largest absolute Gasteiger partial charge is 0.507 e. The van der Waals surface area contributed by atoms with Crippen LogP contribution in [0, 0.1) is 0 Å². The van der Waals surface area contributed by atoms with Gasteiger partial charge in [-0.05, 0) is 67.8 Å². The van der Waals surface area contributed by atoms with Gasteiger partial charge in [-0.2, -0.15) is 0 Å². The number of phenolic OH excluding ortho intramolecular Hbond substituents is 1. The van der Waals surface area contributed by atoms with E-state index < -0.39 is 0 Å². The molecule has 0 saturated heterocycles. The molecule has 0 fully saturated rings. The van der Waals surface area contributed by atoms with Gasteiger partial charge < -0.3 is 19.9 Å². The number of hydrogen-bond acceptors (Lipinski definition) is 6. The number of ether oxygens (including phenoxy) is 2. The number of aromatic hydroxyl groups is 1. The molecule has 7 nitrogen and oxygen atoms in total. The molecule has 7 heteroatoms. The highest BCUT2D eigenvalue weighted by Gasteiger charge is 2.16. The molecule has 0 radical (unpaired) electrons. The molecule has 3 aromatic rings. The standard InChI is InChI=1S/C29H31NO6/c1-4-7-25-26(15-14-24(19(3)31)28(25)33)36-18-21-8-6-9-22(16-21)29(34)30-23-12-10-20(11-13-23)17-27(32)35-5-2/h6,8-16,33H,4-5,7,17-18H2,1-3H3,(H,30,34). The van der Waals surface area contributed by atoms with E-state index >= 15 is 0 Å². The van der Waals surface area contributed by atoms with E-state index in [4.69, 9.17) is 9.47 Å². The molecule has 188 valence electrons. The first-order valence-corrected chi connectivity index (χ1v) is 12.0. The van der Waals surface area contributed by atoms with Gasteiger partial charge in [-0.1, -0.05) is 37.6 Å². The first-order valence-electron chi connectivity index (χ1n) is 12.0. The number of carbonyl (C=O) groups is 3. The zero-order valence-electron chi connectivity index (χ0n) is 20.8. The van der Waals surface area contributed by atoms with E-state index in [-0.39, 0.29) is 42.0 Å². The molecule has 0 atom stereocenters. The third-order valence-corrected chi connectivity index (χ3v) is 5.57. The SMILES string of the molecule is CCCc1c(OCc2cccc(C(=O)Nc3ccc(CC(=O)OCC)cc3)c2)ccc(C(C)=O)c1O. The molecular formula is C29H31NO6. The minimum absolute atomic E-state index is 0.0387. The Hall–Kier alpha value is -4.13. The molecular weight excluding hydrogens is 458 g/mol. The van der Waals surface area contributed by atoms with Crippen molar-refractivity contribution in [1.29, 1.82) is 0 Å². The van der Waals surface area contributed by atoms with E-state index in [2.05, 4.69) is 5.32 Å². The second-order valence-electron chi connectivity index (χ2n) is 8.37. The van der Waals surface area contributed by atoms with E-state index in [0.29, 0.717) is 35.6 Å². The van der Waals surface area contributed by atoms with Crippen molar-refractivity contribution in [2.75, 3.05) is 11.9 Å². The van der Waals surface area contributed by atoms with E-state index in [1.54, 1.807) is 61.5 Å². The van der Waals surface area contributed by atoms with Crippen molar-refractivity contribution in [3.05, 3.63) is 88.5 Å². The highest BCUT2D eigenvalue weighted by Crippen LogP contribution is 2.33. The van der Waals surface area contributed by atoms with Crippen LogP contribution in [0.4, 0.5) is 5.69 Å². The third-order valence-electron chi connectivity index (χ3n) is 5.57. The van der Waals surface area contributed by atoms with Crippen LogP contribution in [-0.4, -0.2) is 29.4 Å². The van der Waals surface area contributed by atoms with Crippen molar-refractivity contribution in [2.45, 2.75) is 46.6 Å². The average molecular weight is 490 g/mol. The maximum atomic E-state index is 12.8. The van der Waals surface area contributed by atoms with Crippen LogP contribution in [-0.2, 0) is 29.0 Å². The first kappa shape index (κ1) is 26.5. The maximum absolute atomic E-state index is 12.8. The number of phenols is 1. The highest BCUT2D eigenvalue weighted by atomic mass is 16.5. The van der Waals surface area contributed by atoms with E-state index in [1.165, 1.54) is 6.92 Å². The molecule has 2 N–H and O–H groups in total. The van der Waals surface area contributed by atoms with Crippen molar-refractivity contribution >= 4 is 23.3 Å². The number of rotatable bonds is 11. The summed E-state index contributed by atoms with van der Waals surface area (Å²) in [5.41, 5.74) is 3.54. The maximum Gasteiger partial charge on any atom is 0.310 e. The van der Waals surface area contributed by atoms with E-state index in [1.807, 2.05) is 13.0 Å². The highest BCUT2D eigenvalue weighted by molar-refractivity contribution is 6.04. The number of nitrogens with one attached hydrogen (secondary N) is 1. The predicted octanol–water partition coefficient (Wildman–Crippen LogP) is 5.48. The molecule has 36 heavy (non-hydrogen) atoms. The summed E-state index contributed by atoms with van der Waals surface area (Å²) in [7, 11) is 0. The minimum Gasteiger partial charge on any atom is -0.507 e. The minimum atomic E-state index is -0.292. The summed E-state index contributed by atoms with van der Waals surface area (Å²) < 4.78 is 10.9. The predicted molar refractivity (Wildman–Crippen MR) is 138 cm³/mol. The van der Waals surface area contributed by atoms with Gasteiger partial charge in [-0.15, -0.1) is 0 Å². The van der Waals surface area contributed by atoms with Gasteiger partial charge in [0.05, 0.1) is 18.6 Å². The van der Waals surface area contributed by atoms with Gasteiger partial charge in [-0.25, -0.2) is 0 Å². The monoisotopic (exact) mass is 489 g/mol. The summed E-state index contributed by atoms with van der Waals surface area (Å²) in [6.07, 6.45) is 1.54. The second kappa shape index (κ2) is 12.5. The quantitative estimate of drug-likeness (QED) is 0.273. The molecule has 3 aromatic carbocycles. The summed E-state index contributed by atoms with van der Waals surface area (Å²) in [6.45, 7) is 5.70. The molecule has 0 aliphatic heterocycles. The van der Waals surface area contributed by atoms with Crippen molar-refractivity contribution in [2.24, 2.45) is 0 Å². The summed E-state index contributed by atoms with van der Waals surface area (Å²) in [6, 6.07) is 17.4. The number of carbonyl (C=O) groups excluding carboxylic acids is 3. The van der Waals surface area contributed by atoms with Crippen molar-refractivity contribution in [3.63, 3.8) is 0 Å². The zero-order chi connectivity index (χ0) is 26.1. The van der Waals surface area contributed by atoms with Gasteiger partial charge >= 0.3 is 5.97 Å². The van der Waals surface area contributed by atoms with Gasteiger partial charge in [-0.3, -0.25) is 14.4 Å². The molecule has 0 aliphatic carbocycles. The average Bonchev–Trinajstić information content (AvgIpc) is 2.85. The lowest BCUT2D eigenvalue weighted by Crippen LogP contribution is -2.13. The summed E-state index contributed by atoms with van der Waals surface area (Å²) >= 11 is 0. The van der Waals surface area contributed by atoms with Gasteiger partial charge in [0.1, 0.15) is 18.1 Å². The fraction of sp³-hybridized carbons (Fsp3) is 0.276. The number of Topliss-reactive ketones (excluding diaryl/α,β-unsaturated/α-hetero) is 1. The fourth-order valence-electron chi connectivity index (χ4n) is 3.78. The fourth-order valence-corrected chi connectivity index (χ4v) is 3.78. The van der Waals surface area contributed by atoms with Crippen LogP contribution in [0.1, 0.15) is 64.6 Å². The lowest BCUT2D eigenvalue weighted by atomic mass is 10.0. The van der Waals surface area contributed by atoms with Crippen LogP contribution in [0.2, 0.25) is 0 Å². The van der Waals surface area contributed by atoms with Crippen molar-refractivity contribution in [1.82, 2.24) is 0 Å². The van der Waals surface area contributed by atoms with Crippen LogP contribution in [0.15, 0.2) is 60.7 Å². The number of esters is 1. The van der Waals surface area contributed by atoms with E-state index in [9.17, 15) is 19.5 Å². The normalized spacial score (nSPS) is 10.5. The summed E-state index contributed by atoms with van der Waals surface area (Å²) in [5, 5.41) is 13.4. The Bertz CT molecular complexity index is 1230. The van der Waals surface area contributed by atoms with Gasteiger partial charge in [0, 0.05) is 16.8 Å². The number of hydrogen-bond donors (Lipinski definition) is 2. The summed E-state index contributed by atoms with van der Waals surface area (Å²) in [5.74, 6) is -0.297. The Labute approximate surface area is 211 Å². The number of amides is 1. The topological polar surface area (TPSA) is 102 Å². The van der Waals surface area contributed by atoms with Crippen molar-refractivity contribution < 1.29 is 29.0 Å². The molecule has 0 saturated carbocycles. The van der Waals surface area contributed by atoms with Crippen LogP contribution >= 0.6 is 0 Å². The van der Waals surface area contributed by atoms with Crippen LogP contribution in [0.5, 0.6) is 11.5 Å².